The molecular formula is C19H20F2N4S. The molecule has 2 heterocycles. The maximum atomic E-state index is 14.6. The molecule has 1 fully saturated rings. The molecule has 0 saturated carbocycles. The fraction of sp³-hybridized carbons (Fsp3) is 0.316. The van der Waals surface area contributed by atoms with Crippen LogP contribution in [0.25, 0.3) is 11.0 Å². The van der Waals surface area contributed by atoms with E-state index >= 15 is 0 Å². The van der Waals surface area contributed by atoms with Crippen LogP contribution >= 0.6 is 11.8 Å². The molecular weight excluding hydrogens is 354 g/mol. The van der Waals surface area contributed by atoms with Gasteiger partial charge in [-0.15, -0.1) is 0 Å². The van der Waals surface area contributed by atoms with Crippen LogP contribution in [-0.2, 0) is 5.75 Å². The van der Waals surface area contributed by atoms with Crippen LogP contribution < -0.4 is 4.90 Å². The molecule has 1 aromatic heterocycles. The van der Waals surface area contributed by atoms with Gasteiger partial charge in [-0.1, -0.05) is 23.9 Å². The molecule has 0 unspecified atom stereocenters. The smallest absolute Gasteiger partial charge is 0.166 e. The predicted octanol–water partition coefficient (Wildman–Crippen LogP) is 3.89. The molecule has 0 atom stereocenters. The van der Waals surface area contributed by atoms with Crippen LogP contribution in [-0.4, -0.2) is 48.1 Å². The van der Waals surface area contributed by atoms with Gasteiger partial charge >= 0.3 is 0 Å². The lowest BCUT2D eigenvalue weighted by atomic mass is 10.2. The van der Waals surface area contributed by atoms with Crippen molar-refractivity contribution in [3.63, 3.8) is 0 Å². The lowest BCUT2D eigenvalue weighted by Gasteiger charge is -2.34. The molecule has 0 spiro atoms. The number of aromatic amines is 1. The maximum absolute atomic E-state index is 14.6. The van der Waals surface area contributed by atoms with Gasteiger partial charge in [-0.05, 0) is 30.8 Å². The van der Waals surface area contributed by atoms with E-state index in [1.165, 1.54) is 30.0 Å². The zero-order valence-corrected chi connectivity index (χ0v) is 15.3. The van der Waals surface area contributed by atoms with Gasteiger partial charge in [0.05, 0.1) is 16.7 Å². The molecule has 1 aliphatic rings. The average molecular weight is 374 g/mol. The van der Waals surface area contributed by atoms with Crippen LogP contribution in [0.5, 0.6) is 0 Å². The number of hydrogen-bond donors (Lipinski definition) is 1. The number of nitrogens with one attached hydrogen (secondary N) is 1. The molecule has 1 saturated heterocycles. The third-order valence-corrected chi connectivity index (χ3v) is 5.61. The highest BCUT2D eigenvalue weighted by atomic mass is 32.2. The normalized spacial score (nSPS) is 15.7. The highest BCUT2D eigenvalue weighted by Gasteiger charge is 2.19. The van der Waals surface area contributed by atoms with Gasteiger partial charge in [0, 0.05) is 38.0 Å². The molecule has 7 heteroatoms. The third kappa shape index (κ3) is 3.68. The number of nitrogens with zero attached hydrogens (tertiary/aromatic N) is 3. The Kier molecular flexibility index (Phi) is 4.82. The molecule has 26 heavy (non-hydrogen) atoms. The van der Waals surface area contributed by atoms with Gasteiger partial charge in [-0.2, -0.15) is 0 Å². The van der Waals surface area contributed by atoms with Gasteiger partial charge in [0.1, 0.15) is 11.6 Å². The molecule has 0 aliphatic carbocycles. The summed E-state index contributed by atoms with van der Waals surface area (Å²) in [5.41, 5.74) is 3.09. The van der Waals surface area contributed by atoms with Crippen LogP contribution in [0.15, 0.2) is 41.6 Å². The SMILES string of the molecule is CN1CCN(c2cc3nc(SCc4ccc(F)cc4)[nH]c3cc2F)CC1. The fourth-order valence-corrected chi connectivity index (χ4v) is 3.93. The van der Waals surface area contributed by atoms with Gasteiger partial charge < -0.3 is 14.8 Å². The number of likely N-dealkylation sites (N-methyl/N-ethyl adjacent to an activating group) is 1. The minimum absolute atomic E-state index is 0.221. The van der Waals surface area contributed by atoms with E-state index in [1.807, 2.05) is 6.07 Å². The Morgan fingerprint density at radius 3 is 2.54 bits per heavy atom. The number of halogens is 2. The van der Waals surface area contributed by atoms with Crippen LogP contribution in [0.1, 0.15) is 5.56 Å². The third-order valence-electron chi connectivity index (χ3n) is 4.66. The highest BCUT2D eigenvalue weighted by Crippen LogP contribution is 2.29. The number of aromatic nitrogens is 2. The van der Waals surface area contributed by atoms with Crippen molar-refractivity contribution in [2.24, 2.45) is 0 Å². The number of anilines is 1. The Morgan fingerprint density at radius 2 is 1.81 bits per heavy atom. The quantitative estimate of drug-likeness (QED) is 0.703. The van der Waals surface area contributed by atoms with Crippen molar-refractivity contribution < 1.29 is 8.78 Å². The van der Waals surface area contributed by atoms with Gasteiger partial charge in [-0.25, -0.2) is 13.8 Å². The molecule has 136 valence electrons. The molecule has 1 N–H and O–H groups in total. The molecule has 0 bridgehead atoms. The van der Waals surface area contributed by atoms with Crippen LogP contribution in [0.4, 0.5) is 14.5 Å². The topological polar surface area (TPSA) is 35.2 Å². The summed E-state index contributed by atoms with van der Waals surface area (Å²) in [4.78, 5) is 12.1. The number of thioether (sulfide) groups is 1. The van der Waals surface area contributed by atoms with E-state index in [0.29, 0.717) is 17.0 Å². The minimum atomic E-state index is -0.241. The summed E-state index contributed by atoms with van der Waals surface area (Å²) < 4.78 is 27.5. The summed E-state index contributed by atoms with van der Waals surface area (Å²) in [6, 6.07) is 9.77. The van der Waals surface area contributed by atoms with E-state index in [4.69, 9.17) is 0 Å². The summed E-state index contributed by atoms with van der Waals surface area (Å²) in [6.07, 6.45) is 0. The van der Waals surface area contributed by atoms with Crippen LogP contribution in [0, 0.1) is 11.6 Å². The average Bonchev–Trinajstić information content (AvgIpc) is 3.03. The Bertz CT molecular complexity index is 902. The summed E-state index contributed by atoms with van der Waals surface area (Å²) in [5, 5.41) is 0.735. The van der Waals surface area contributed by atoms with Gasteiger partial charge in [0.25, 0.3) is 0 Å². The Balaban J connectivity index is 1.52. The predicted molar refractivity (Wildman–Crippen MR) is 102 cm³/mol. The second-order valence-corrected chi connectivity index (χ2v) is 7.53. The first-order valence-corrected chi connectivity index (χ1v) is 9.57. The highest BCUT2D eigenvalue weighted by molar-refractivity contribution is 7.98. The van der Waals surface area contributed by atoms with Gasteiger partial charge in [0.2, 0.25) is 0 Å². The Labute approximate surface area is 155 Å². The molecule has 4 rings (SSSR count). The molecule has 0 amide bonds. The largest absolute Gasteiger partial charge is 0.367 e. The number of fused-ring (bicyclic) bond motifs is 1. The second-order valence-electron chi connectivity index (χ2n) is 6.57. The summed E-state index contributed by atoms with van der Waals surface area (Å²) >= 11 is 1.52. The van der Waals surface area contributed by atoms with Crippen molar-refractivity contribution >= 4 is 28.5 Å². The van der Waals surface area contributed by atoms with E-state index in [0.717, 1.165) is 42.4 Å². The van der Waals surface area contributed by atoms with Crippen LogP contribution in [0.3, 0.4) is 0 Å². The number of hydrogen-bond acceptors (Lipinski definition) is 4. The lowest BCUT2D eigenvalue weighted by molar-refractivity contribution is 0.312. The monoisotopic (exact) mass is 374 g/mol. The van der Waals surface area contributed by atoms with Crippen molar-refractivity contribution in [3.05, 3.63) is 53.6 Å². The van der Waals surface area contributed by atoms with E-state index in [9.17, 15) is 8.78 Å². The van der Waals surface area contributed by atoms with E-state index in [-0.39, 0.29) is 11.6 Å². The van der Waals surface area contributed by atoms with Crippen LogP contribution in [0.2, 0.25) is 0 Å². The van der Waals surface area contributed by atoms with E-state index < -0.39 is 0 Å². The first-order valence-electron chi connectivity index (χ1n) is 8.58. The number of imidazole rings is 1. The Hall–Kier alpha value is -2.12. The first-order chi connectivity index (χ1) is 12.6. The van der Waals surface area contributed by atoms with E-state index in [1.54, 1.807) is 12.1 Å². The Morgan fingerprint density at radius 1 is 1.08 bits per heavy atom. The van der Waals surface area contributed by atoms with E-state index in [2.05, 4.69) is 26.8 Å². The molecule has 4 nitrogen and oxygen atoms in total. The maximum Gasteiger partial charge on any atom is 0.166 e. The second kappa shape index (κ2) is 7.25. The zero-order chi connectivity index (χ0) is 18.1. The number of rotatable bonds is 4. The zero-order valence-electron chi connectivity index (χ0n) is 14.5. The lowest BCUT2D eigenvalue weighted by Crippen LogP contribution is -2.44. The summed E-state index contributed by atoms with van der Waals surface area (Å²) in [5.74, 6) is 0.212. The number of piperazine rings is 1. The van der Waals surface area contributed by atoms with Crippen molar-refractivity contribution in [2.75, 3.05) is 38.1 Å². The minimum Gasteiger partial charge on any atom is -0.367 e. The van der Waals surface area contributed by atoms with Gasteiger partial charge in [-0.3, -0.25) is 0 Å². The van der Waals surface area contributed by atoms with Crippen molar-refractivity contribution in [1.82, 2.24) is 14.9 Å². The standard InChI is InChI=1S/C19H20F2N4S/c1-24-6-8-25(9-7-24)18-11-17-16(10-15(18)21)22-19(23-17)26-12-13-2-4-14(20)5-3-13/h2-5,10-11H,6-9,12H2,1H3,(H,22,23). The van der Waals surface area contributed by atoms with Crippen molar-refractivity contribution in [3.8, 4) is 0 Å². The summed E-state index contributed by atoms with van der Waals surface area (Å²) in [7, 11) is 2.08. The number of benzene rings is 2. The molecule has 0 radical (unpaired) electrons. The number of H-pyrrole nitrogens is 1. The molecule has 2 aromatic carbocycles. The van der Waals surface area contributed by atoms with Gasteiger partial charge in [0.15, 0.2) is 5.16 Å². The van der Waals surface area contributed by atoms with Crippen molar-refractivity contribution in [2.45, 2.75) is 10.9 Å². The van der Waals surface area contributed by atoms with Crippen molar-refractivity contribution in [1.29, 1.82) is 0 Å². The molecule has 3 aromatic rings. The first kappa shape index (κ1) is 17.3. The molecule has 1 aliphatic heterocycles. The fourth-order valence-electron chi connectivity index (χ4n) is 3.09. The summed E-state index contributed by atoms with van der Waals surface area (Å²) in [6.45, 7) is 3.48.